The Kier molecular flexibility index (Phi) is 8.60. The second-order valence-corrected chi connectivity index (χ2v) is 8.08. The molecule has 1 aromatic carbocycles. The summed E-state index contributed by atoms with van der Waals surface area (Å²) >= 11 is 0. The van der Waals surface area contributed by atoms with E-state index in [2.05, 4.69) is 20.3 Å². The number of aryl methyl sites for hydroxylation is 1. The molecule has 0 bridgehead atoms. The monoisotopic (exact) mass is 497 g/mol. The predicted octanol–water partition coefficient (Wildman–Crippen LogP) is 1.08. The zero-order valence-electron chi connectivity index (χ0n) is 20.0. The third-order valence-corrected chi connectivity index (χ3v) is 5.46. The highest BCUT2D eigenvalue weighted by atomic mass is 16.5. The number of nitrogens with one attached hydrogen (secondary N) is 1. The zero-order chi connectivity index (χ0) is 25.3. The Labute approximate surface area is 207 Å². The number of nitrogen functional groups attached to an aromatic ring is 2. The summed E-state index contributed by atoms with van der Waals surface area (Å²) in [4.78, 5) is 24.7. The number of unbranched alkanes of at least 4 members (excludes halogenated alkanes) is 1. The van der Waals surface area contributed by atoms with Crippen LogP contribution in [0.1, 0.15) is 19.3 Å². The van der Waals surface area contributed by atoms with Gasteiger partial charge in [-0.2, -0.15) is 10.1 Å². The highest BCUT2D eigenvalue weighted by molar-refractivity contribution is 5.99. The molecule has 1 amide bonds. The van der Waals surface area contributed by atoms with Crippen molar-refractivity contribution >= 4 is 39.9 Å². The molecule has 0 radical (unpaired) electrons. The molecular weight excluding hydrogens is 466 g/mol. The Hall–Kier alpha value is -3.81. The molecule has 0 fully saturated rings. The van der Waals surface area contributed by atoms with Crippen LogP contribution in [0.15, 0.2) is 28.9 Å². The minimum atomic E-state index is -0.0471. The van der Waals surface area contributed by atoms with Gasteiger partial charge in [-0.3, -0.25) is 4.79 Å². The van der Waals surface area contributed by atoms with E-state index in [1.54, 1.807) is 6.07 Å². The first-order valence-electron chi connectivity index (χ1n) is 11.8. The van der Waals surface area contributed by atoms with E-state index < -0.39 is 0 Å². The molecule has 4 rings (SSSR count). The van der Waals surface area contributed by atoms with Gasteiger partial charge >= 0.3 is 0 Å². The highest BCUT2D eigenvalue weighted by Gasteiger charge is 2.18. The fourth-order valence-corrected chi connectivity index (χ4v) is 3.75. The predicted molar refractivity (Wildman–Crippen MR) is 135 cm³/mol. The largest absolute Gasteiger partial charge is 0.424 e. The maximum atomic E-state index is 12.0. The Balaban J connectivity index is 1.30. The van der Waals surface area contributed by atoms with Crippen LogP contribution in [-0.4, -0.2) is 70.2 Å². The zero-order valence-corrected chi connectivity index (χ0v) is 20.0. The Morgan fingerprint density at radius 1 is 1.08 bits per heavy atom. The first-order chi connectivity index (χ1) is 17.6. The van der Waals surface area contributed by atoms with E-state index in [4.69, 9.17) is 36.2 Å². The molecule has 0 saturated heterocycles. The number of amides is 1. The molecule has 0 atom stereocenters. The third-order valence-electron chi connectivity index (χ3n) is 5.46. The van der Waals surface area contributed by atoms with Crippen LogP contribution in [0.4, 0.5) is 11.8 Å². The van der Waals surface area contributed by atoms with Crippen molar-refractivity contribution in [3.05, 3.63) is 24.5 Å². The molecule has 192 valence electrons. The standard InChI is InChI=1S/C23H31N9O4/c24-6-10-35-12-11-34-9-5-18(33)27-7-1-2-8-32-22-19(21(25)28-14-29-22)20(31-32)15-3-4-17-16(13-15)30-23(26)36-17/h3-4,13-14H,1-2,5-12,24H2,(H2,26,30)(H,27,33)(H2,25,28,29). The smallest absolute Gasteiger partial charge is 0.292 e. The number of fused-ring (bicyclic) bond motifs is 2. The van der Waals surface area contributed by atoms with Gasteiger partial charge in [-0.25, -0.2) is 14.6 Å². The minimum absolute atomic E-state index is 0.0471. The summed E-state index contributed by atoms with van der Waals surface area (Å²) in [5, 5.41) is 8.35. The molecule has 3 aromatic heterocycles. The Morgan fingerprint density at radius 3 is 2.75 bits per heavy atom. The van der Waals surface area contributed by atoms with Crippen LogP contribution in [0, 0.1) is 0 Å². The van der Waals surface area contributed by atoms with Crippen LogP contribution < -0.4 is 22.5 Å². The number of aromatic nitrogens is 5. The van der Waals surface area contributed by atoms with Crippen LogP contribution in [0.25, 0.3) is 33.4 Å². The van der Waals surface area contributed by atoms with Crippen LogP contribution in [0.3, 0.4) is 0 Å². The molecule has 36 heavy (non-hydrogen) atoms. The summed E-state index contributed by atoms with van der Waals surface area (Å²) in [6.45, 7) is 3.43. The van der Waals surface area contributed by atoms with E-state index in [-0.39, 0.29) is 11.9 Å². The molecule has 13 nitrogen and oxygen atoms in total. The number of anilines is 2. The Morgan fingerprint density at radius 2 is 1.92 bits per heavy atom. The van der Waals surface area contributed by atoms with Gasteiger partial charge < -0.3 is 36.4 Å². The summed E-state index contributed by atoms with van der Waals surface area (Å²) in [6, 6.07) is 5.62. The summed E-state index contributed by atoms with van der Waals surface area (Å²) in [6.07, 6.45) is 3.30. The van der Waals surface area contributed by atoms with Gasteiger partial charge in [0.1, 0.15) is 23.4 Å². The van der Waals surface area contributed by atoms with Gasteiger partial charge in [0.25, 0.3) is 6.01 Å². The van der Waals surface area contributed by atoms with Crippen LogP contribution in [0.2, 0.25) is 0 Å². The SMILES string of the molecule is NCCOCCOCCC(=O)NCCCCn1nc(-c2ccc3oc(N)nc3c2)c2c(N)ncnc21. The Bertz CT molecular complexity index is 1300. The maximum absolute atomic E-state index is 12.0. The normalized spacial score (nSPS) is 11.5. The minimum Gasteiger partial charge on any atom is -0.424 e. The number of nitrogens with two attached hydrogens (primary N) is 3. The van der Waals surface area contributed by atoms with Crippen molar-refractivity contribution in [3.63, 3.8) is 0 Å². The molecule has 7 N–H and O–H groups in total. The summed E-state index contributed by atoms with van der Waals surface area (Å²) in [5.41, 5.74) is 20.5. The number of carbonyl (C=O) groups is 1. The van der Waals surface area contributed by atoms with Gasteiger partial charge in [-0.05, 0) is 31.0 Å². The van der Waals surface area contributed by atoms with Crippen LogP contribution in [0.5, 0.6) is 0 Å². The van der Waals surface area contributed by atoms with Gasteiger partial charge in [0.2, 0.25) is 5.91 Å². The van der Waals surface area contributed by atoms with Gasteiger partial charge in [0.05, 0.1) is 31.8 Å². The summed E-state index contributed by atoms with van der Waals surface area (Å²) in [7, 11) is 0. The fraction of sp³-hybridized carbons (Fsp3) is 0.435. The lowest BCUT2D eigenvalue weighted by Gasteiger charge is -2.07. The summed E-state index contributed by atoms with van der Waals surface area (Å²) < 4.78 is 17.8. The number of hydrogen-bond acceptors (Lipinski definition) is 11. The topological polar surface area (TPSA) is 195 Å². The van der Waals surface area contributed by atoms with Crippen molar-refractivity contribution in [2.24, 2.45) is 5.73 Å². The van der Waals surface area contributed by atoms with Crippen molar-refractivity contribution in [2.45, 2.75) is 25.8 Å². The molecule has 0 aliphatic heterocycles. The summed E-state index contributed by atoms with van der Waals surface area (Å²) in [5.74, 6) is 0.301. The number of oxazole rings is 1. The van der Waals surface area contributed by atoms with E-state index in [0.29, 0.717) is 86.1 Å². The third kappa shape index (κ3) is 6.24. The van der Waals surface area contributed by atoms with Crippen molar-refractivity contribution in [1.82, 2.24) is 30.0 Å². The van der Waals surface area contributed by atoms with Crippen LogP contribution >= 0.6 is 0 Å². The van der Waals surface area contributed by atoms with E-state index >= 15 is 0 Å². The number of benzene rings is 1. The molecule has 13 heteroatoms. The van der Waals surface area contributed by atoms with Gasteiger partial charge in [0.15, 0.2) is 11.2 Å². The lowest BCUT2D eigenvalue weighted by Crippen LogP contribution is -2.26. The number of carbonyl (C=O) groups excluding carboxylic acids is 1. The lowest BCUT2D eigenvalue weighted by atomic mass is 10.1. The molecule has 0 spiro atoms. The van der Waals surface area contributed by atoms with Gasteiger partial charge in [-0.1, -0.05) is 0 Å². The first kappa shape index (κ1) is 25.3. The van der Waals surface area contributed by atoms with Crippen molar-refractivity contribution in [3.8, 4) is 11.3 Å². The second-order valence-electron chi connectivity index (χ2n) is 8.08. The highest BCUT2D eigenvalue weighted by Crippen LogP contribution is 2.32. The van der Waals surface area contributed by atoms with E-state index in [0.717, 1.165) is 18.4 Å². The molecule has 0 aliphatic rings. The van der Waals surface area contributed by atoms with Crippen molar-refractivity contribution in [1.29, 1.82) is 0 Å². The van der Waals surface area contributed by atoms with Crippen LogP contribution in [-0.2, 0) is 20.8 Å². The molecule has 0 unspecified atom stereocenters. The number of rotatable bonds is 14. The van der Waals surface area contributed by atoms with Crippen molar-refractivity contribution in [2.75, 3.05) is 51.0 Å². The molecule has 0 aliphatic carbocycles. The molecule has 0 saturated carbocycles. The van der Waals surface area contributed by atoms with Gasteiger partial charge in [0, 0.05) is 31.6 Å². The average molecular weight is 498 g/mol. The average Bonchev–Trinajstić information content (AvgIpc) is 3.43. The first-order valence-corrected chi connectivity index (χ1v) is 11.8. The number of nitrogens with zero attached hydrogens (tertiary/aromatic N) is 5. The second kappa shape index (κ2) is 12.2. The number of ether oxygens (including phenoxy) is 2. The molecule has 3 heterocycles. The number of hydrogen-bond donors (Lipinski definition) is 4. The van der Waals surface area contributed by atoms with Crippen molar-refractivity contribution < 1.29 is 18.7 Å². The lowest BCUT2D eigenvalue weighted by molar-refractivity contribution is -0.122. The van der Waals surface area contributed by atoms with E-state index in [1.165, 1.54) is 6.33 Å². The van der Waals surface area contributed by atoms with E-state index in [1.807, 2.05) is 16.8 Å². The van der Waals surface area contributed by atoms with Gasteiger partial charge in [-0.15, -0.1) is 0 Å². The fourth-order valence-electron chi connectivity index (χ4n) is 3.75. The van der Waals surface area contributed by atoms with E-state index in [9.17, 15) is 4.79 Å². The quantitative estimate of drug-likeness (QED) is 0.182. The molecular formula is C23H31N9O4. The maximum Gasteiger partial charge on any atom is 0.292 e. The molecule has 4 aromatic rings.